The van der Waals surface area contributed by atoms with Crippen LogP contribution in [-0.2, 0) is 28.6 Å². The van der Waals surface area contributed by atoms with Crippen molar-refractivity contribution in [2.75, 3.05) is 21.2 Å². The Bertz CT molecular complexity index is 1680. The summed E-state index contributed by atoms with van der Waals surface area (Å²) in [6.45, 7) is 6.40. The standard InChI is InChI=1S/C32H42N4O6S/c1-32(2,3)26-16-25-27(17-24(26)30(37)34-43(40,41)35(4)5)36-18-21(33-31(38)39)14-20-15-22(42-6)12-13-23(20)29(36)28(25)19-10-8-7-9-11-19/h12-13,15-17,19,21,33H,7-11,14,18H2,1-6H3,(H,34,37)(H,38,39). The normalized spacial score (nSPS) is 17.7. The molecule has 1 atom stereocenters. The van der Waals surface area contributed by atoms with Gasteiger partial charge in [-0.2, -0.15) is 12.7 Å². The zero-order valence-corrected chi connectivity index (χ0v) is 26.6. The van der Waals surface area contributed by atoms with E-state index in [0.717, 1.165) is 63.3 Å². The van der Waals surface area contributed by atoms with E-state index < -0.39 is 33.7 Å². The summed E-state index contributed by atoms with van der Waals surface area (Å²) in [6, 6.07) is 9.40. The number of carboxylic acid groups (broad SMARTS) is 1. The van der Waals surface area contributed by atoms with E-state index >= 15 is 0 Å². The average Bonchev–Trinajstić information content (AvgIpc) is 3.15. The molecule has 2 aliphatic rings. The van der Waals surface area contributed by atoms with E-state index in [4.69, 9.17) is 4.74 Å². The maximum absolute atomic E-state index is 13.7. The van der Waals surface area contributed by atoms with Gasteiger partial charge in [-0.25, -0.2) is 9.52 Å². The lowest BCUT2D eigenvalue weighted by Crippen LogP contribution is -2.40. The molecule has 0 saturated heterocycles. The van der Waals surface area contributed by atoms with Crippen LogP contribution in [0.1, 0.15) is 85.8 Å². The molecule has 3 N–H and O–H groups in total. The molecule has 0 spiro atoms. The zero-order chi connectivity index (χ0) is 31.3. The summed E-state index contributed by atoms with van der Waals surface area (Å²) in [7, 11) is 0.333. The molecule has 1 fully saturated rings. The van der Waals surface area contributed by atoms with Gasteiger partial charge in [0.25, 0.3) is 5.91 Å². The van der Waals surface area contributed by atoms with Gasteiger partial charge in [0, 0.05) is 42.7 Å². The second kappa shape index (κ2) is 11.5. The van der Waals surface area contributed by atoms with Gasteiger partial charge in [0.2, 0.25) is 0 Å². The van der Waals surface area contributed by atoms with Gasteiger partial charge in [-0.3, -0.25) is 4.79 Å². The monoisotopic (exact) mass is 610 g/mol. The first kappa shape index (κ1) is 30.9. The Balaban J connectivity index is 1.85. The third-order valence-electron chi connectivity index (χ3n) is 8.77. The number of rotatable bonds is 6. The number of fused-ring (bicyclic) bond motifs is 5. The Morgan fingerprint density at radius 3 is 2.37 bits per heavy atom. The number of carbonyl (C=O) groups is 2. The molecule has 0 radical (unpaired) electrons. The van der Waals surface area contributed by atoms with Gasteiger partial charge in [-0.15, -0.1) is 0 Å². The summed E-state index contributed by atoms with van der Waals surface area (Å²) in [5.41, 5.74) is 5.61. The number of methoxy groups -OCH3 is 1. The van der Waals surface area contributed by atoms with Gasteiger partial charge in [0.05, 0.1) is 18.8 Å². The van der Waals surface area contributed by atoms with E-state index in [9.17, 15) is 23.1 Å². The highest BCUT2D eigenvalue weighted by atomic mass is 32.2. The Labute approximate surface area is 253 Å². The average molecular weight is 611 g/mol. The first-order valence-electron chi connectivity index (χ1n) is 14.8. The molecule has 1 aliphatic heterocycles. The first-order chi connectivity index (χ1) is 20.2. The second-order valence-electron chi connectivity index (χ2n) is 13.0. The molecule has 2 aromatic carbocycles. The van der Waals surface area contributed by atoms with Crippen molar-refractivity contribution in [2.24, 2.45) is 0 Å². The van der Waals surface area contributed by atoms with Crippen LogP contribution in [0.3, 0.4) is 0 Å². The lowest BCUT2D eigenvalue weighted by Gasteiger charge is -2.25. The minimum atomic E-state index is -4.03. The zero-order valence-electron chi connectivity index (χ0n) is 25.8. The van der Waals surface area contributed by atoms with Crippen molar-refractivity contribution in [2.45, 2.75) is 83.2 Å². The highest BCUT2D eigenvalue weighted by molar-refractivity contribution is 7.87. The molecule has 3 aromatic rings. The largest absolute Gasteiger partial charge is 0.497 e. The topological polar surface area (TPSA) is 130 Å². The van der Waals surface area contributed by atoms with Crippen molar-refractivity contribution in [3.8, 4) is 17.0 Å². The summed E-state index contributed by atoms with van der Waals surface area (Å²) in [6.07, 6.45) is 4.91. The fourth-order valence-electron chi connectivity index (χ4n) is 6.70. The smallest absolute Gasteiger partial charge is 0.404 e. The Kier molecular flexibility index (Phi) is 8.26. The van der Waals surface area contributed by atoms with Gasteiger partial charge in [-0.1, -0.05) is 40.0 Å². The third kappa shape index (κ3) is 5.97. The molecule has 0 bridgehead atoms. The Hall–Kier alpha value is -3.57. The number of nitrogens with zero attached hydrogens (tertiary/aromatic N) is 2. The fraction of sp³-hybridized carbons (Fsp3) is 0.500. The van der Waals surface area contributed by atoms with Crippen LogP contribution in [0.15, 0.2) is 30.3 Å². The molecule has 11 heteroatoms. The quantitative estimate of drug-likeness (QED) is 0.343. The molecule has 1 saturated carbocycles. The lowest BCUT2D eigenvalue weighted by molar-refractivity contribution is 0.0977. The van der Waals surface area contributed by atoms with Gasteiger partial charge in [0.1, 0.15) is 5.75 Å². The molecular formula is C32H42N4O6S. The van der Waals surface area contributed by atoms with Crippen LogP contribution >= 0.6 is 0 Å². The number of nitrogens with one attached hydrogen (secondary N) is 2. The first-order valence-corrected chi connectivity index (χ1v) is 16.3. The van der Waals surface area contributed by atoms with Crippen molar-refractivity contribution in [1.29, 1.82) is 0 Å². The van der Waals surface area contributed by atoms with Crippen molar-refractivity contribution in [3.05, 3.63) is 52.6 Å². The van der Waals surface area contributed by atoms with Crippen molar-refractivity contribution >= 4 is 33.1 Å². The summed E-state index contributed by atoms with van der Waals surface area (Å²) >= 11 is 0. The van der Waals surface area contributed by atoms with Crippen LogP contribution in [0.4, 0.5) is 4.79 Å². The van der Waals surface area contributed by atoms with E-state index in [1.807, 2.05) is 32.9 Å². The van der Waals surface area contributed by atoms with Crippen molar-refractivity contribution in [3.63, 3.8) is 0 Å². The number of carbonyl (C=O) groups excluding carboxylic acids is 1. The van der Waals surface area contributed by atoms with Gasteiger partial charge >= 0.3 is 16.3 Å². The highest BCUT2D eigenvalue weighted by Gasteiger charge is 2.34. The van der Waals surface area contributed by atoms with Gasteiger partial charge in [-0.05, 0) is 77.6 Å². The summed E-state index contributed by atoms with van der Waals surface area (Å²) in [5.74, 6) is 0.301. The van der Waals surface area contributed by atoms with Gasteiger partial charge in [0.15, 0.2) is 0 Å². The van der Waals surface area contributed by atoms with Crippen molar-refractivity contribution in [1.82, 2.24) is 18.9 Å². The van der Waals surface area contributed by atoms with Crippen LogP contribution in [0, 0.1) is 0 Å². The van der Waals surface area contributed by atoms with Gasteiger partial charge < -0.3 is 19.7 Å². The third-order valence-corrected chi connectivity index (χ3v) is 10.2. The lowest BCUT2D eigenvalue weighted by atomic mass is 9.79. The van der Waals surface area contributed by atoms with E-state index in [1.54, 1.807) is 13.2 Å². The molecule has 1 unspecified atom stereocenters. The summed E-state index contributed by atoms with van der Waals surface area (Å²) in [4.78, 5) is 25.5. The molecule has 43 heavy (non-hydrogen) atoms. The molecule has 1 aliphatic carbocycles. The molecule has 2 amide bonds. The molecular weight excluding hydrogens is 568 g/mol. The number of aromatic nitrogens is 1. The Morgan fingerprint density at radius 1 is 1.07 bits per heavy atom. The summed E-state index contributed by atoms with van der Waals surface area (Å²) < 4.78 is 36.2. The minimum absolute atomic E-state index is 0.280. The van der Waals surface area contributed by atoms with Crippen LogP contribution in [0.2, 0.25) is 0 Å². The minimum Gasteiger partial charge on any atom is -0.497 e. The number of amides is 2. The fourth-order valence-corrected chi connectivity index (χ4v) is 7.22. The number of hydrogen-bond acceptors (Lipinski definition) is 5. The van der Waals surface area contributed by atoms with Crippen LogP contribution < -0.4 is 14.8 Å². The molecule has 5 rings (SSSR count). The second-order valence-corrected chi connectivity index (χ2v) is 14.8. The van der Waals surface area contributed by atoms with Crippen LogP contribution in [-0.4, -0.2) is 61.6 Å². The number of hydrogen-bond donors (Lipinski definition) is 3. The maximum atomic E-state index is 13.7. The predicted octanol–water partition coefficient (Wildman–Crippen LogP) is 5.39. The number of benzene rings is 2. The Morgan fingerprint density at radius 2 is 1.77 bits per heavy atom. The molecule has 1 aromatic heterocycles. The van der Waals surface area contributed by atoms with E-state index in [1.165, 1.54) is 26.1 Å². The maximum Gasteiger partial charge on any atom is 0.404 e. The SMILES string of the molecule is COc1ccc2c(c1)CC(NC(=O)O)Cn1c-2c(C2CCCCC2)c2cc(C(C)(C)C)c(C(=O)NS(=O)(=O)N(C)C)cc21. The molecule has 2 heterocycles. The van der Waals surface area contributed by atoms with E-state index in [0.29, 0.717) is 24.6 Å². The highest BCUT2D eigenvalue weighted by Crippen LogP contribution is 2.48. The van der Waals surface area contributed by atoms with E-state index in [-0.39, 0.29) is 5.56 Å². The summed E-state index contributed by atoms with van der Waals surface area (Å²) in [5, 5.41) is 13.4. The molecule has 232 valence electrons. The molecule has 10 nitrogen and oxygen atoms in total. The van der Waals surface area contributed by atoms with Crippen molar-refractivity contribution < 1.29 is 27.9 Å². The van der Waals surface area contributed by atoms with E-state index in [2.05, 4.69) is 26.7 Å². The number of ether oxygens (including phenoxy) is 1. The van der Waals surface area contributed by atoms with Crippen LogP contribution in [0.5, 0.6) is 5.75 Å². The van der Waals surface area contributed by atoms with Crippen LogP contribution in [0.25, 0.3) is 22.2 Å². The predicted molar refractivity (Wildman–Crippen MR) is 167 cm³/mol.